The smallest absolute Gasteiger partial charge is 0.280 e. The summed E-state index contributed by atoms with van der Waals surface area (Å²) in [5, 5.41) is 4.39. The Morgan fingerprint density at radius 1 is 1.38 bits per heavy atom. The van der Waals surface area contributed by atoms with Gasteiger partial charge in [-0.1, -0.05) is 6.92 Å². The molecule has 2 aromatic heterocycles. The van der Waals surface area contributed by atoms with Crippen molar-refractivity contribution >= 4 is 35.7 Å². The van der Waals surface area contributed by atoms with Gasteiger partial charge in [0.15, 0.2) is 5.03 Å². The first-order valence-electron chi connectivity index (χ1n) is 6.50. The van der Waals surface area contributed by atoms with Crippen molar-refractivity contribution in [3.63, 3.8) is 0 Å². The number of hydrogen-bond acceptors (Lipinski definition) is 4. The van der Waals surface area contributed by atoms with Crippen LogP contribution in [0.15, 0.2) is 15.7 Å². The average molecular weight is 396 g/mol. The van der Waals surface area contributed by atoms with Gasteiger partial charge in [0, 0.05) is 23.4 Å². The van der Waals surface area contributed by atoms with Crippen molar-refractivity contribution in [3.8, 4) is 0 Å². The molecule has 0 aromatic carbocycles. The van der Waals surface area contributed by atoms with Crippen LogP contribution in [0.1, 0.15) is 31.1 Å². The molecule has 21 heavy (non-hydrogen) atoms. The van der Waals surface area contributed by atoms with Crippen LogP contribution in [0.3, 0.4) is 0 Å². The van der Waals surface area contributed by atoms with E-state index >= 15 is 0 Å². The normalized spacial score (nSPS) is 12.0. The maximum atomic E-state index is 11.4. The second-order valence-electron chi connectivity index (χ2n) is 4.57. The first kappa shape index (κ1) is 16.5. The monoisotopic (exact) mass is 394 g/mol. The van der Waals surface area contributed by atoms with Gasteiger partial charge in [-0.2, -0.15) is 5.10 Å². The first-order valence-corrected chi connectivity index (χ1v) is 9.60. The van der Waals surface area contributed by atoms with Crippen LogP contribution < -0.4 is 0 Å². The molecule has 0 atom stereocenters. The summed E-state index contributed by atoms with van der Waals surface area (Å²) in [4.78, 5) is 3.99. The highest BCUT2D eigenvalue weighted by Crippen LogP contribution is 2.24. The van der Waals surface area contributed by atoms with Gasteiger partial charge in [-0.3, -0.25) is 4.68 Å². The maximum Gasteiger partial charge on any atom is 0.280 e. The van der Waals surface area contributed by atoms with E-state index in [2.05, 4.69) is 26.0 Å². The van der Waals surface area contributed by atoms with Crippen LogP contribution in [0.2, 0.25) is 0 Å². The van der Waals surface area contributed by atoms with Crippen molar-refractivity contribution in [1.82, 2.24) is 19.3 Å². The summed E-state index contributed by atoms with van der Waals surface area (Å²) in [7, 11) is 1.52. The number of nitrogens with zero attached hydrogens (tertiary/aromatic N) is 4. The average Bonchev–Trinajstić information content (AvgIpc) is 2.92. The van der Waals surface area contributed by atoms with E-state index in [0.717, 1.165) is 28.8 Å². The topological polar surface area (TPSA) is 69.8 Å². The lowest BCUT2D eigenvalue weighted by molar-refractivity contribution is 0.589. The van der Waals surface area contributed by atoms with Crippen molar-refractivity contribution in [1.29, 1.82) is 0 Å². The van der Waals surface area contributed by atoms with Gasteiger partial charge in [-0.25, -0.2) is 13.4 Å². The highest BCUT2D eigenvalue weighted by Gasteiger charge is 2.19. The van der Waals surface area contributed by atoms with Crippen LogP contribution in [0.25, 0.3) is 0 Å². The van der Waals surface area contributed by atoms with Crippen molar-refractivity contribution in [2.24, 2.45) is 0 Å². The standard InChI is InChI=1S/C12H16BrClN4O2S/c1-4-9-12(13)10(18(5-2)16-9)6-17-7-11(15-8(17)3)21(14,19)20/h7H,4-6H2,1-3H3. The minimum absolute atomic E-state index is 0.129. The second kappa shape index (κ2) is 6.10. The summed E-state index contributed by atoms with van der Waals surface area (Å²) in [5.41, 5.74) is 1.96. The summed E-state index contributed by atoms with van der Waals surface area (Å²) < 4.78 is 27.3. The third-order valence-electron chi connectivity index (χ3n) is 3.22. The van der Waals surface area contributed by atoms with E-state index in [1.54, 1.807) is 11.5 Å². The van der Waals surface area contributed by atoms with Crippen LogP contribution in [-0.4, -0.2) is 27.7 Å². The minimum Gasteiger partial charge on any atom is -0.328 e. The van der Waals surface area contributed by atoms with Gasteiger partial charge < -0.3 is 4.57 Å². The molecule has 0 aliphatic heterocycles. The van der Waals surface area contributed by atoms with Crippen LogP contribution in [-0.2, 0) is 28.6 Å². The molecular weight excluding hydrogens is 380 g/mol. The molecule has 9 heteroatoms. The van der Waals surface area contributed by atoms with E-state index in [1.165, 1.54) is 6.20 Å². The molecule has 2 heterocycles. The predicted octanol–water partition coefficient (Wildman–Crippen LogP) is 2.71. The first-order chi connectivity index (χ1) is 9.77. The molecule has 0 N–H and O–H groups in total. The maximum absolute atomic E-state index is 11.4. The van der Waals surface area contributed by atoms with Gasteiger partial charge in [-0.05, 0) is 36.2 Å². The molecule has 2 aromatic rings. The Morgan fingerprint density at radius 3 is 2.52 bits per heavy atom. The Morgan fingerprint density at radius 2 is 2.05 bits per heavy atom. The number of halogens is 2. The van der Waals surface area contributed by atoms with Gasteiger partial charge in [0.05, 0.1) is 22.4 Å². The van der Waals surface area contributed by atoms with Gasteiger partial charge >= 0.3 is 0 Å². The van der Waals surface area contributed by atoms with Gasteiger partial charge in [0.25, 0.3) is 9.05 Å². The summed E-state index contributed by atoms with van der Waals surface area (Å²) in [6.45, 7) is 7.01. The fraction of sp³-hybridized carbons (Fsp3) is 0.500. The number of hydrogen-bond donors (Lipinski definition) is 0. The summed E-state index contributed by atoms with van der Waals surface area (Å²) in [6, 6.07) is 0. The van der Waals surface area contributed by atoms with Crippen LogP contribution in [0.4, 0.5) is 0 Å². The molecule has 116 valence electrons. The molecule has 0 amide bonds. The lowest BCUT2D eigenvalue weighted by atomic mass is 10.3. The number of rotatable bonds is 5. The molecule has 0 saturated heterocycles. The molecule has 6 nitrogen and oxygen atoms in total. The fourth-order valence-corrected chi connectivity index (χ4v) is 3.49. The van der Waals surface area contributed by atoms with E-state index in [0.29, 0.717) is 12.4 Å². The number of aryl methyl sites for hydroxylation is 3. The molecule has 0 fully saturated rings. The molecule has 2 rings (SSSR count). The lowest BCUT2D eigenvalue weighted by Gasteiger charge is -2.07. The highest BCUT2D eigenvalue weighted by atomic mass is 79.9. The molecule has 0 spiro atoms. The van der Waals surface area contributed by atoms with E-state index in [-0.39, 0.29) is 5.03 Å². The Hall–Kier alpha value is -0.860. The summed E-state index contributed by atoms with van der Waals surface area (Å²) >= 11 is 3.57. The zero-order chi connectivity index (χ0) is 15.8. The van der Waals surface area contributed by atoms with Gasteiger partial charge in [0.1, 0.15) is 5.82 Å². The Labute approximate surface area is 136 Å². The third kappa shape index (κ3) is 3.32. The van der Waals surface area contributed by atoms with E-state index in [1.807, 2.05) is 18.5 Å². The second-order valence-corrected chi connectivity index (χ2v) is 7.87. The SMILES string of the molecule is CCc1nn(CC)c(Cn2cc(S(=O)(=O)Cl)nc2C)c1Br. The molecular formula is C12H16BrClN4O2S. The summed E-state index contributed by atoms with van der Waals surface area (Å²) in [6.07, 6.45) is 2.27. The Balaban J connectivity index is 2.43. The highest BCUT2D eigenvalue weighted by molar-refractivity contribution is 9.10. The van der Waals surface area contributed by atoms with Gasteiger partial charge in [-0.15, -0.1) is 0 Å². The molecule has 0 radical (unpaired) electrons. The molecule has 0 aliphatic carbocycles. The largest absolute Gasteiger partial charge is 0.328 e. The lowest BCUT2D eigenvalue weighted by Crippen LogP contribution is -2.09. The fourth-order valence-electron chi connectivity index (χ4n) is 2.09. The van der Waals surface area contributed by atoms with Gasteiger partial charge in [0.2, 0.25) is 0 Å². The van der Waals surface area contributed by atoms with Crippen LogP contribution in [0.5, 0.6) is 0 Å². The van der Waals surface area contributed by atoms with E-state index < -0.39 is 9.05 Å². The van der Waals surface area contributed by atoms with E-state index in [4.69, 9.17) is 10.7 Å². The van der Waals surface area contributed by atoms with Crippen LogP contribution >= 0.6 is 26.6 Å². The van der Waals surface area contributed by atoms with E-state index in [9.17, 15) is 8.42 Å². The zero-order valence-electron chi connectivity index (χ0n) is 12.0. The van der Waals surface area contributed by atoms with Crippen molar-refractivity contribution in [2.75, 3.05) is 0 Å². The molecule has 0 unspecified atom stereocenters. The summed E-state index contributed by atoms with van der Waals surface area (Å²) in [5.74, 6) is 0.586. The number of aromatic nitrogens is 4. The molecule has 0 aliphatic rings. The van der Waals surface area contributed by atoms with Crippen molar-refractivity contribution in [2.45, 2.75) is 45.3 Å². The minimum atomic E-state index is -3.82. The quantitative estimate of drug-likeness (QED) is 0.730. The predicted molar refractivity (Wildman–Crippen MR) is 84.1 cm³/mol. The van der Waals surface area contributed by atoms with Crippen molar-refractivity contribution in [3.05, 3.63) is 27.9 Å². The third-order valence-corrected chi connectivity index (χ3v) is 5.30. The Bertz CT molecular complexity index is 767. The molecule has 0 bridgehead atoms. The molecule has 0 saturated carbocycles. The van der Waals surface area contributed by atoms with Crippen LogP contribution in [0, 0.1) is 6.92 Å². The number of imidazole rings is 1. The van der Waals surface area contributed by atoms with Crippen molar-refractivity contribution < 1.29 is 8.42 Å². The zero-order valence-corrected chi connectivity index (χ0v) is 15.1. The Kier molecular flexibility index (Phi) is 4.79.